The van der Waals surface area contributed by atoms with Gasteiger partial charge in [-0.1, -0.05) is 12.6 Å². The van der Waals surface area contributed by atoms with E-state index in [1.807, 2.05) is 4.90 Å². The molecule has 1 N–H and O–H groups in total. The maximum absolute atomic E-state index is 14.6. The lowest BCUT2D eigenvalue weighted by Gasteiger charge is -2.46. The van der Waals surface area contributed by atoms with Gasteiger partial charge in [-0.3, -0.25) is 4.79 Å². The molecule has 2 aromatic rings. The fourth-order valence-electron chi connectivity index (χ4n) is 7.62. The van der Waals surface area contributed by atoms with Crippen LogP contribution in [0.15, 0.2) is 30.6 Å². The van der Waals surface area contributed by atoms with E-state index < -0.39 is 23.6 Å². The van der Waals surface area contributed by atoms with E-state index in [2.05, 4.69) is 29.5 Å². The van der Waals surface area contributed by atoms with E-state index in [4.69, 9.17) is 14.7 Å². The number of halogens is 2. The number of carbonyl (C=O) groups excluding carboxylic acids is 1. The average Bonchev–Trinajstić information content (AvgIpc) is 3.44. The third-order valence-corrected chi connectivity index (χ3v) is 10.3. The molecule has 240 valence electrons. The first-order valence-electron chi connectivity index (χ1n) is 15.9. The molecule has 0 bridgehead atoms. The van der Waals surface area contributed by atoms with Crippen molar-refractivity contribution in [3.63, 3.8) is 0 Å². The van der Waals surface area contributed by atoms with Gasteiger partial charge in [0.15, 0.2) is 5.83 Å². The van der Waals surface area contributed by atoms with Crippen LogP contribution in [0.3, 0.4) is 0 Å². The molecule has 6 rings (SSSR count). The van der Waals surface area contributed by atoms with Gasteiger partial charge in [-0.2, -0.15) is 15.2 Å². The molecule has 1 spiro atoms. The summed E-state index contributed by atoms with van der Waals surface area (Å²) in [5.74, 6) is -1.51. The van der Waals surface area contributed by atoms with E-state index in [0.29, 0.717) is 44.8 Å². The first-order chi connectivity index (χ1) is 21.7. The number of benzene rings is 1. The second kappa shape index (κ2) is 12.8. The summed E-state index contributed by atoms with van der Waals surface area (Å²) in [4.78, 5) is 30.1. The summed E-state index contributed by atoms with van der Waals surface area (Å²) in [5.41, 5.74) is 2.23. The SMILES string of the molecule is C=C(F)C(=O)N1CCN(c2nc(OCC3CCCN3C)nc3c2CCC2(CCN(c4c(O)cccc4F)CC2)C3)CC1CC#N. The summed E-state index contributed by atoms with van der Waals surface area (Å²) < 4.78 is 34.7. The number of likely N-dealkylation sites (N-methyl/N-ethyl adjacent to an activating group) is 1. The third kappa shape index (κ3) is 6.27. The number of ether oxygens (including phenoxy) is 1. The number of aromatic hydroxyl groups is 1. The topological polar surface area (TPSA) is 109 Å². The first kappa shape index (κ1) is 31.0. The number of para-hydroxylation sites is 1. The molecule has 4 aliphatic rings. The van der Waals surface area contributed by atoms with Crippen molar-refractivity contribution in [3.8, 4) is 17.8 Å². The molecule has 3 fully saturated rings. The third-order valence-electron chi connectivity index (χ3n) is 10.3. The molecule has 3 saturated heterocycles. The normalized spacial score (nSPS) is 23.1. The van der Waals surface area contributed by atoms with Gasteiger partial charge in [-0.05, 0) is 76.1 Å². The van der Waals surface area contributed by atoms with Crippen LogP contribution in [0.5, 0.6) is 11.8 Å². The molecule has 0 radical (unpaired) electrons. The molecule has 45 heavy (non-hydrogen) atoms. The smallest absolute Gasteiger partial charge is 0.318 e. The minimum atomic E-state index is -1.03. The quantitative estimate of drug-likeness (QED) is 0.459. The van der Waals surface area contributed by atoms with Crippen molar-refractivity contribution in [2.45, 2.75) is 63.5 Å². The molecule has 0 saturated carbocycles. The van der Waals surface area contributed by atoms with Crippen LogP contribution in [0.2, 0.25) is 0 Å². The maximum Gasteiger partial charge on any atom is 0.318 e. The van der Waals surface area contributed by atoms with Crippen molar-refractivity contribution in [1.29, 1.82) is 5.26 Å². The van der Waals surface area contributed by atoms with Gasteiger partial charge in [0.05, 0.1) is 24.2 Å². The average molecular weight is 622 g/mol. The molecule has 1 amide bonds. The largest absolute Gasteiger partial charge is 0.506 e. The minimum absolute atomic E-state index is 0.0190. The van der Waals surface area contributed by atoms with Crippen LogP contribution in [0.25, 0.3) is 0 Å². The van der Waals surface area contributed by atoms with Crippen LogP contribution in [-0.2, 0) is 17.6 Å². The van der Waals surface area contributed by atoms with Crippen LogP contribution in [0, 0.1) is 22.6 Å². The molecule has 1 aromatic heterocycles. The number of nitrogens with zero attached hydrogens (tertiary/aromatic N) is 7. The van der Waals surface area contributed by atoms with E-state index in [0.717, 1.165) is 68.6 Å². The van der Waals surface area contributed by atoms with Gasteiger partial charge in [-0.25, -0.2) is 8.78 Å². The summed E-state index contributed by atoms with van der Waals surface area (Å²) in [6.07, 6.45) is 6.32. The highest BCUT2D eigenvalue weighted by Gasteiger charge is 2.42. The number of rotatable bonds is 7. The highest BCUT2D eigenvalue weighted by atomic mass is 19.1. The van der Waals surface area contributed by atoms with E-state index in [1.165, 1.54) is 23.1 Å². The molecule has 2 atom stereocenters. The Hall–Kier alpha value is -3.98. The Bertz CT molecular complexity index is 1470. The molecule has 2 unspecified atom stereocenters. The number of anilines is 2. The number of hydrogen-bond acceptors (Lipinski definition) is 9. The van der Waals surface area contributed by atoms with Crippen molar-refractivity contribution in [1.82, 2.24) is 19.8 Å². The van der Waals surface area contributed by atoms with Crippen molar-refractivity contribution >= 4 is 17.4 Å². The monoisotopic (exact) mass is 621 g/mol. The highest BCUT2D eigenvalue weighted by Crippen LogP contribution is 2.47. The molecule has 1 aliphatic carbocycles. The summed E-state index contributed by atoms with van der Waals surface area (Å²) in [7, 11) is 2.10. The van der Waals surface area contributed by atoms with Crippen molar-refractivity contribution < 1.29 is 23.4 Å². The Balaban J connectivity index is 1.26. The standard InChI is InChI=1S/C33H41F2N7O3/c1-22(34)31(44)42-18-17-41(20-23(42)9-13-36)30-25-8-10-33(11-15-40(16-12-33)29-26(35)6-3-7-28(29)43)19-27(25)37-32(38-30)45-21-24-5-4-14-39(24)2/h3,6-7,23-24,43H,1,4-5,8-12,14-21H2,2H3. The summed E-state index contributed by atoms with van der Waals surface area (Å²) in [5, 5.41) is 19.8. The number of amides is 1. The van der Waals surface area contributed by atoms with Crippen LogP contribution < -0.4 is 14.5 Å². The van der Waals surface area contributed by atoms with Gasteiger partial charge >= 0.3 is 6.01 Å². The van der Waals surface area contributed by atoms with Gasteiger partial charge < -0.3 is 29.4 Å². The fourth-order valence-corrected chi connectivity index (χ4v) is 7.62. The van der Waals surface area contributed by atoms with Crippen LogP contribution in [0.1, 0.15) is 49.8 Å². The van der Waals surface area contributed by atoms with Gasteiger partial charge in [0.2, 0.25) is 0 Å². The number of phenolic OH excluding ortho intramolecular Hbond substituents is 1. The zero-order chi connectivity index (χ0) is 31.7. The molecule has 10 nitrogen and oxygen atoms in total. The second-order valence-corrected chi connectivity index (χ2v) is 13.0. The fraction of sp³-hybridized carbons (Fsp3) is 0.576. The van der Waals surface area contributed by atoms with Crippen molar-refractivity contribution in [2.24, 2.45) is 5.41 Å². The summed E-state index contributed by atoms with van der Waals surface area (Å²) >= 11 is 0. The van der Waals surface area contributed by atoms with Gasteiger partial charge in [0.1, 0.15) is 29.7 Å². The van der Waals surface area contributed by atoms with Crippen molar-refractivity contribution in [3.05, 3.63) is 47.7 Å². The zero-order valence-electron chi connectivity index (χ0n) is 25.9. The summed E-state index contributed by atoms with van der Waals surface area (Å²) in [6.45, 7) is 6.97. The molecular formula is C33H41F2N7O3. The lowest BCUT2D eigenvalue weighted by Crippen LogP contribution is -2.55. The molecule has 3 aliphatic heterocycles. The van der Waals surface area contributed by atoms with Crippen molar-refractivity contribution in [2.75, 3.05) is 62.7 Å². The van der Waals surface area contributed by atoms with Gasteiger partial charge in [0, 0.05) is 44.3 Å². The summed E-state index contributed by atoms with van der Waals surface area (Å²) in [6, 6.07) is 6.67. The molecule has 4 heterocycles. The van der Waals surface area contributed by atoms with Gasteiger partial charge in [0.25, 0.3) is 5.91 Å². The number of nitriles is 1. The maximum atomic E-state index is 14.6. The number of fused-ring (bicyclic) bond motifs is 1. The molecular weight excluding hydrogens is 580 g/mol. The zero-order valence-corrected chi connectivity index (χ0v) is 25.9. The van der Waals surface area contributed by atoms with E-state index in [-0.39, 0.29) is 29.8 Å². The van der Waals surface area contributed by atoms with E-state index in [9.17, 15) is 23.9 Å². The first-order valence-corrected chi connectivity index (χ1v) is 15.9. The second-order valence-electron chi connectivity index (χ2n) is 13.0. The number of hydrogen-bond donors (Lipinski definition) is 1. The Morgan fingerprint density at radius 2 is 1.96 bits per heavy atom. The highest BCUT2D eigenvalue weighted by molar-refractivity contribution is 5.91. The number of likely N-dealkylation sites (tertiary alicyclic amines) is 1. The van der Waals surface area contributed by atoms with E-state index in [1.54, 1.807) is 0 Å². The number of piperazine rings is 1. The number of aromatic nitrogens is 2. The van der Waals surface area contributed by atoms with Gasteiger partial charge in [-0.15, -0.1) is 0 Å². The van der Waals surface area contributed by atoms with E-state index >= 15 is 0 Å². The molecule has 1 aromatic carbocycles. The Morgan fingerprint density at radius 1 is 1.16 bits per heavy atom. The Morgan fingerprint density at radius 3 is 2.64 bits per heavy atom. The predicted octanol–water partition coefficient (Wildman–Crippen LogP) is 3.98. The molecule has 12 heteroatoms. The van der Waals surface area contributed by atoms with Crippen LogP contribution >= 0.6 is 0 Å². The Labute approximate surface area is 262 Å². The predicted molar refractivity (Wildman–Crippen MR) is 165 cm³/mol. The van der Waals surface area contributed by atoms with Crippen LogP contribution in [-0.4, -0.2) is 95.8 Å². The Kier molecular flexibility index (Phi) is 8.82. The van der Waals surface area contributed by atoms with Crippen LogP contribution in [0.4, 0.5) is 20.3 Å². The lowest BCUT2D eigenvalue weighted by atomic mass is 9.67. The number of phenols is 1. The lowest BCUT2D eigenvalue weighted by molar-refractivity contribution is -0.131. The number of piperidine rings is 1. The minimum Gasteiger partial charge on any atom is -0.506 e. The number of carbonyl (C=O) groups is 1.